The van der Waals surface area contributed by atoms with Gasteiger partial charge in [-0.3, -0.25) is 5.01 Å². The van der Waals surface area contributed by atoms with Crippen molar-refractivity contribution in [2.24, 2.45) is 5.10 Å². The second-order valence-corrected chi connectivity index (χ2v) is 9.51. The van der Waals surface area contributed by atoms with Crippen LogP contribution in [0.3, 0.4) is 0 Å². The van der Waals surface area contributed by atoms with Gasteiger partial charge in [-0.25, -0.2) is 0 Å². The molecule has 3 nitrogen and oxygen atoms in total. The van der Waals surface area contributed by atoms with E-state index in [1.165, 1.54) is 80.9 Å². The molecule has 0 atom stereocenters. The molecule has 0 aromatic heterocycles. The van der Waals surface area contributed by atoms with Crippen LogP contribution in [-0.2, 0) is 10.2 Å². The minimum absolute atomic E-state index is 0.118. The van der Waals surface area contributed by atoms with Gasteiger partial charge in [0.1, 0.15) is 0 Å². The highest BCUT2D eigenvalue weighted by Crippen LogP contribution is 2.54. The van der Waals surface area contributed by atoms with E-state index in [-0.39, 0.29) is 5.41 Å². The van der Waals surface area contributed by atoms with Crippen LogP contribution < -0.4 is 0 Å². The lowest BCUT2D eigenvalue weighted by atomic mass is 9.70. The molecule has 1 heterocycles. The number of hydrogen-bond donors (Lipinski definition) is 0. The summed E-state index contributed by atoms with van der Waals surface area (Å²) in [6.07, 6.45) is 12.9. The van der Waals surface area contributed by atoms with Crippen molar-refractivity contribution in [3.63, 3.8) is 0 Å². The molecule has 0 saturated carbocycles. The van der Waals surface area contributed by atoms with Crippen LogP contribution in [0, 0.1) is 0 Å². The van der Waals surface area contributed by atoms with Crippen molar-refractivity contribution in [1.82, 2.24) is 5.01 Å². The zero-order valence-electron chi connectivity index (χ0n) is 20.3. The SMILES string of the molecule is CCCCCCC1(CCCCCC)c2ccccc2-c2ccc(C3=NN(CC)CO3)cc21. The molecule has 0 unspecified atom stereocenters. The number of ether oxygens (including phenoxy) is 1. The van der Waals surface area contributed by atoms with Gasteiger partial charge in [0.2, 0.25) is 5.90 Å². The molecule has 4 rings (SSSR count). The molecule has 0 bridgehead atoms. The van der Waals surface area contributed by atoms with Gasteiger partial charge in [-0.2, -0.15) is 0 Å². The summed E-state index contributed by atoms with van der Waals surface area (Å²) in [6, 6.07) is 16.1. The quantitative estimate of drug-likeness (QED) is 0.319. The van der Waals surface area contributed by atoms with Crippen LogP contribution in [0.25, 0.3) is 11.1 Å². The lowest BCUT2D eigenvalue weighted by Crippen LogP contribution is -2.26. The zero-order valence-corrected chi connectivity index (χ0v) is 20.3. The summed E-state index contributed by atoms with van der Waals surface area (Å²) in [4.78, 5) is 0. The first-order valence-electron chi connectivity index (χ1n) is 12.9. The van der Waals surface area contributed by atoms with E-state index in [1.807, 2.05) is 5.01 Å². The number of unbranched alkanes of at least 4 members (excludes halogenated alkanes) is 6. The van der Waals surface area contributed by atoms with Gasteiger partial charge >= 0.3 is 0 Å². The average molecular weight is 433 g/mol. The fraction of sp³-hybridized carbons (Fsp3) is 0.552. The van der Waals surface area contributed by atoms with E-state index < -0.39 is 0 Å². The zero-order chi connectivity index (χ0) is 22.4. The number of rotatable bonds is 12. The Hall–Kier alpha value is -2.29. The monoisotopic (exact) mass is 432 g/mol. The predicted octanol–water partition coefficient (Wildman–Crippen LogP) is 7.87. The minimum atomic E-state index is 0.118. The molecule has 0 N–H and O–H groups in total. The number of hydrazone groups is 1. The van der Waals surface area contributed by atoms with Crippen LogP contribution in [0.5, 0.6) is 0 Å². The molecule has 2 aromatic rings. The predicted molar refractivity (Wildman–Crippen MR) is 135 cm³/mol. The summed E-state index contributed by atoms with van der Waals surface area (Å²) < 4.78 is 5.95. The maximum atomic E-state index is 5.95. The highest BCUT2D eigenvalue weighted by Gasteiger charge is 2.42. The molecule has 1 aliphatic carbocycles. The second kappa shape index (κ2) is 10.6. The van der Waals surface area contributed by atoms with Crippen LogP contribution in [0.15, 0.2) is 47.6 Å². The van der Waals surface area contributed by atoms with E-state index >= 15 is 0 Å². The Morgan fingerprint density at radius 3 is 2.16 bits per heavy atom. The van der Waals surface area contributed by atoms with Gasteiger partial charge in [-0.1, -0.05) is 95.5 Å². The van der Waals surface area contributed by atoms with Crippen molar-refractivity contribution >= 4 is 5.90 Å². The Bertz CT molecular complexity index is 921. The summed E-state index contributed by atoms with van der Waals surface area (Å²) in [5.74, 6) is 0.775. The molecule has 172 valence electrons. The Balaban J connectivity index is 1.74. The number of fused-ring (bicyclic) bond motifs is 3. The minimum Gasteiger partial charge on any atom is -0.453 e. The molecule has 1 aliphatic heterocycles. The van der Waals surface area contributed by atoms with E-state index in [0.29, 0.717) is 6.73 Å². The van der Waals surface area contributed by atoms with Crippen LogP contribution in [0.2, 0.25) is 0 Å². The molecular weight excluding hydrogens is 392 g/mol. The van der Waals surface area contributed by atoms with E-state index in [4.69, 9.17) is 9.84 Å². The molecule has 2 aromatic carbocycles. The van der Waals surface area contributed by atoms with Crippen molar-refractivity contribution in [1.29, 1.82) is 0 Å². The molecule has 0 fully saturated rings. The maximum absolute atomic E-state index is 5.95. The first-order valence-corrected chi connectivity index (χ1v) is 12.9. The Morgan fingerprint density at radius 2 is 1.50 bits per heavy atom. The molecule has 32 heavy (non-hydrogen) atoms. The van der Waals surface area contributed by atoms with E-state index in [2.05, 4.69) is 63.2 Å². The largest absolute Gasteiger partial charge is 0.453 e. The van der Waals surface area contributed by atoms with Crippen molar-refractivity contribution in [2.75, 3.05) is 13.3 Å². The highest BCUT2D eigenvalue weighted by atomic mass is 16.5. The number of hydrogen-bond acceptors (Lipinski definition) is 3. The fourth-order valence-corrected chi connectivity index (χ4v) is 5.58. The number of benzene rings is 2. The summed E-state index contributed by atoms with van der Waals surface area (Å²) in [6.45, 7) is 8.15. The third-order valence-corrected chi connectivity index (χ3v) is 7.38. The summed E-state index contributed by atoms with van der Waals surface area (Å²) in [5.41, 5.74) is 7.15. The smallest absolute Gasteiger partial charge is 0.240 e. The van der Waals surface area contributed by atoms with Gasteiger partial charge in [0.15, 0.2) is 6.73 Å². The van der Waals surface area contributed by atoms with Gasteiger partial charge in [0, 0.05) is 17.5 Å². The lowest BCUT2D eigenvalue weighted by Gasteiger charge is -2.33. The van der Waals surface area contributed by atoms with E-state index in [1.54, 1.807) is 5.56 Å². The maximum Gasteiger partial charge on any atom is 0.240 e. The van der Waals surface area contributed by atoms with E-state index in [9.17, 15) is 0 Å². The Kier molecular flexibility index (Phi) is 7.55. The van der Waals surface area contributed by atoms with Crippen LogP contribution in [-0.4, -0.2) is 24.2 Å². The molecule has 2 aliphatic rings. The third-order valence-electron chi connectivity index (χ3n) is 7.38. The van der Waals surface area contributed by atoms with Crippen LogP contribution in [0.1, 0.15) is 102 Å². The van der Waals surface area contributed by atoms with Gasteiger partial charge in [-0.15, -0.1) is 5.10 Å². The Labute approximate surface area is 194 Å². The standard InChI is InChI=1S/C29H40N2O/c1-4-7-9-13-19-29(20-14-10-8-5-2)26-16-12-11-15-24(26)25-18-17-23(21-27(25)29)28-30-31(6-3)22-32-28/h11-12,15-18,21H,4-10,13-14,19-20,22H2,1-3H3. The van der Waals surface area contributed by atoms with Crippen LogP contribution in [0.4, 0.5) is 0 Å². The van der Waals surface area contributed by atoms with Gasteiger partial charge in [-0.05, 0) is 54.2 Å². The van der Waals surface area contributed by atoms with Gasteiger partial charge in [0.05, 0.1) is 0 Å². The molecule has 0 saturated heterocycles. The second-order valence-electron chi connectivity index (χ2n) is 9.51. The topological polar surface area (TPSA) is 24.8 Å². The first-order chi connectivity index (χ1) is 15.7. The molecular formula is C29H40N2O. The van der Waals surface area contributed by atoms with Crippen molar-refractivity contribution in [3.8, 4) is 11.1 Å². The fourth-order valence-electron chi connectivity index (χ4n) is 5.58. The average Bonchev–Trinajstić information content (AvgIpc) is 3.42. The van der Waals surface area contributed by atoms with Gasteiger partial charge < -0.3 is 4.74 Å². The van der Waals surface area contributed by atoms with Crippen LogP contribution >= 0.6 is 0 Å². The van der Waals surface area contributed by atoms with Crippen molar-refractivity contribution in [2.45, 2.75) is 90.4 Å². The first kappa shape index (κ1) is 22.9. The molecule has 0 spiro atoms. The summed E-state index contributed by atoms with van der Waals surface area (Å²) >= 11 is 0. The molecule has 0 radical (unpaired) electrons. The molecule has 3 heteroatoms. The lowest BCUT2D eigenvalue weighted by molar-refractivity contribution is 0.176. The summed E-state index contributed by atoms with van der Waals surface area (Å²) in [5, 5.41) is 6.69. The summed E-state index contributed by atoms with van der Waals surface area (Å²) in [7, 11) is 0. The number of nitrogens with zero attached hydrogens (tertiary/aromatic N) is 2. The van der Waals surface area contributed by atoms with Crippen molar-refractivity contribution in [3.05, 3.63) is 59.2 Å². The van der Waals surface area contributed by atoms with E-state index in [0.717, 1.165) is 18.0 Å². The third kappa shape index (κ3) is 4.44. The van der Waals surface area contributed by atoms with Gasteiger partial charge in [0.25, 0.3) is 0 Å². The van der Waals surface area contributed by atoms with Crippen molar-refractivity contribution < 1.29 is 4.74 Å². The molecule has 0 amide bonds. The Morgan fingerprint density at radius 1 is 0.812 bits per heavy atom. The normalized spacial score (nSPS) is 16.0. The highest BCUT2D eigenvalue weighted by molar-refractivity contribution is 5.96.